The van der Waals surface area contributed by atoms with E-state index in [1.54, 1.807) is 7.05 Å². The molecule has 16 heavy (non-hydrogen) atoms. The van der Waals surface area contributed by atoms with Gasteiger partial charge in [-0.2, -0.15) is 0 Å². The van der Waals surface area contributed by atoms with Gasteiger partial charge in [-0.3, -0.25) is 0 Å². The lowest BCUT2D eigenvalue weighted by molar-refractivity contribution is -0.140. The zero-order valence-corrected chi connectivity index (χ0v) is 8.58. The van der Waals surface area contributed by atoms with Gasteiger partial charge in [0.15, 0.2) is 6.10 Å². The number of carbonyl (C=O) groups excluding carboxylic acids is 2. The lowest BCUT2D eigenvalue weighted by Crippen LogP contribution is -2.23. The molecule has 0 saturated carbocycles. The van der Waals surface area contributed by atoms with Crippen LogP contribution < -0.4 is 0 Å². The van der Waals surface area contributed by atoms with Crippen LogP contribution in [0.25, 0.3) is 0 Å². The molecular formula is C9H11NO6. The van der Waals surface area contributed by atoms with E-state index in [0.717, 1.165) is 6.08 Å². The number of hydrogen-bond donors (Lipinski definition) is 1. The maximum Gasteiger partial charge on any atom is 0.410 e. The Morgan fingerprint density at radius 2 is 2.31 bits per heavy atom. The molecule has 0 aromatic carbocycles. The maximum absolute atomic E-state index is 10.9. The minimum atomic E-state index is -1.23. The molecule has 88 valence electrons. The average Bonchev–Trinajstić information content (AvgIpc) is 2.52. The van der Waals surface area contributed by atoms with Crippen molar-refractivity contribution in [1.82, 2.24) is 4.90 Å². The number of carboxylic acids is 1. The van der Waals surface area contributed by atoms with Crippen LogP contribution in [-0.4, -0.2) is 54.3 Å². The molecular weight excluding hydrogens is 218 g/mol. The van der Waals surface area contributed by atoms with Crippen molar-refractivity contribution in [2.75, 3.05) is 20.2 Å². The number of carbonyl (C=O) groups is 3. The highest BCUT2D eigenvalue weighted by molar-refractivity contribution is 5.90. The second kappa shape index (κ2) is 5.15. The molecule has 0 aromatic heterocycles. The van der Waals surface area contributed by atoms with E-state index >= 15 is 0 Å². The summed E-state index contributed by atoms with van der Waals surface area (Å²) in [6, 6.07) is 0. The van der Waals surface area contributed by atoms with Gasteiger partial charge in [0, 0.05) is 19.2 Å². The van der Waals surface area contributed by atoms with Crippen molar-refractivity contribution < 1.29 is 29.0 Å². The van der Waals surface area contributed by atoms with E-state index in [4.69, 9.17) is 9.84 Å². The fourth-order valence-corrected chi connectivity index (χ4v) is 1.10. The van der Waals surface area contributed by atoms with E-state index in [9.17, 15) is 14.4 Å². The van der Waals surface area contributed by atoms with Crippen LogP contribution in [0, 0.1) is 0 Å². The van der Waals surface area contributed by atoms with E-state index < -0.39 is 24.1 Å². The first-order chi connectivity index (χ1) is 7.49. The Labute approximate surface area is 91.2 Å². The number of amides is 1. The average molecular weight is 229 g/mol. The molecule has 0 bridgehead atoms. The molecule has 1 amide bonds. The quantitative estimate of drug-likeness (QED) is 0.521. The molecule has 1 aliphatic heterocycles. The number of carboxylic acid groups (broad SMARTS) is 1. The standard InChI is InChI=1S/C9H11NO6/c1-10-4-6(16-9(10)14)5-15-8(13)3-2-7(11)12/h2-3,6H,4-5H2,1H3,(H,11,12)/b3-2+/t6-/m1/s1. The topological polar surface area (TPSA) is 93.1 Å². The Hall–Kier alpha value is -2.05. The zero-order valence-electron chi connectivity index (χ0n) is 8.58. The summed E-state index contributed by atoms with van der Waals surface area (Å²) in [6.45, 7) is 0.258. The van der Waals surface area contributed by atoms with Gasteiger partial charge in [0.25, 0.3) is 0 Å². The van der Waals surface area contributed by atoms with Gasteiger partial charge in [0.1, 0.15) is 6.61 Å². The summed E-state index contributed by atoms with van der Waals surface area (Å²) in [4.78, 5) is 33.3. The number of rotatable bonds is 4. The molecule has 1 heterocycles. The van der Waals surface area contributed by atoms with Crippen LogP contribution >= 0.6 is 0 Å². The maximum atomic E-state index is 10.9. The minimum absolute atomic E-state index is 0.0845. The van der Waals surface area contributed by atoms with Crippen LogP contribution in [0.4, 0.5) is 4.79 Å². The van der Waals surface area contributed by atoms with Gasteiger partial charge in [-0.05, 0) is 0 Å². The summed E-state index contributed by atoms with van der Waals surface area (Å²) < 4.78 is 9.50. The summed E-state index contributed by atoms with van der Waals surface area (Å²) in [7, 11) is 1.56. The van der Waals surface area contributed by atoms with Crippen molar-refractivity contribution in [1.29, 1.82) is 0 Å². The summed E-state index contributed by atoms with van der Waals surface area (Å²) in [5.74, 6) is -2.02. The Morgan fingerprint density at radius 1 is 1.62 bits per heavy atom. The number of esters is 1. The molecule has 0 spiro atoms. The van der Waals surface area contributed by atoms with Gasteiger partial charge in [0.05, 0.1) is 6.54 Å². The van der Waals surface area contributed by atoms with Gasteiger partial charge < -0.3 is 19.5 Å². The van der Waals surface area contributed by atoms with Gasteiger partial charge in [-0.15, -0.1) is 0 Å². The molecule has 1 rings (SSSR count). The van der Waals surface area contributed by atoms with Crippen LogP contribution in [0.15, 0.2) is 12.2 Å². The SMILES string of the molecule is CN1C[C@H](COC(=O)/C=C/C(=O)O)OC1=O. The first kappa shape index (κ1) is 12.0. The Kier molecular flexibility index (Phi) is 3.87. The molecule has 0 radical (unpaired) electrons. The van der Waals surface area contributed by atoms with Crippen molar-refractivity contribution >= 4 is 18.0 Å². The van der Waals surface area contributed by atoms with Crippen LogP contribution in [0.1, 0.15) is 0 Å². The highest BCUT2D eigenvalue weighted by Crippen LogP contribution is 2.08. The zero-order chi connectivity index (χ0) is 12.1. The highest BCUT2D eigenvalue weighted by Gasteiger charge is 2.28. The number of likely N-dealkylation sites (N-methyl/N-ethyl adjacent to an activating group) is 1. The van der Waals surface area contributed by atoms with Gasteiger partial charge >= 0.3 is 18.0 Å². The number of hydrogen-bond acceptors (Lipinski definition) is 5. The molecule has 0 unspecified atom stereocenters. The first-order valence-electron chi connectivity index (χ1n) is 4.48. The molecule has 1 atom stereocenters. The van der Waals surface area contributed by atoms with Crippen molar-refractivity contribution in [3.8, 4) is 0 Å². The summed E-state index contributed by atoms with van der Waals surface area (Å²) in [5.41, 5.74) is 0. The van der Waals surface area contributed by atoms with Crippen LogP contribution in [0.5, 0.6) is 0 Å². The summed E-state index contributed by atoms with van der Waals surface area (Å²) >= 11 is 0. The van der Waals surface area contributed by atoms with E-state index in [2.05, 4.69) is 4.74 Å². The lowest BCUT2D eigenvalue weighted by atomic mass is 10.4. The molecule has 1 N–H and O–H groups in total. The van der Waals surface area contributed by atoms with Crippen molar-refractivity contribution in [2.45, 2.75) is 6.10 Å². The highest BCUT2D eigenvalue weighted by atomic mass is 16.6. The number of cyclic esters (lactones) is 1. The third-order valence-electron chi connectivity index (χ3n) is 1.83. The molecule has 0 aromatic rings. The van der Waals surface area contributed by atoms with Crippen LogP contribution in [0.2, 0.25) is 0 Å². The second-order valence-corrected chi connectivity index (χ2v) is 3.19. The first-order valence-corrected chi connectivity index (χ1v) is 4.48. The molecule has 1 fully saturated rings. The largest absolute Gasteiger partial charge is 0.478 e. The van der Waals surface area contributed by atoms with Crippen LogP contribution in [0.3, 0.4) is 0 Å². The van der Waals surface area contributed by atoms with Crippen molar-refractivity contribution in [3.63, 3.8) is 0 Å². The summed E-state index contributed by atoms with van der Waals surface area (Å²) in [6.07, 6.45) is 0.500. The predicted octanol–water partition coefficient (Wildman–Crippen LogP) is -0.379. The normalized spacial score (nSPS) is 19.9. The van der Waals surface area contributed by atoms with Gasteiger partial charge in [-0.1, -0.05) is 0 Å². The Morgan fingerprint density at radius 3 is 2.81 bits per heavy atom. The fraction of sp³-hybridized carbons (Fsp3) is 0.444. The van der Waals surface area contributed by atoms with Crippen LogP contribution in [-0.2, 0) is 19.1 Å². The second-order valence-electron chi connectivity index (χ2n) is 3.19. The van der Waals surface area contributed by atoms with Crippen molar-refractivity contribution in [3.05, 3.63) is 12.2 Å². The molecule has 1 aliphatic rings. The molecule has 7 nitrogen and oxygen atoms in total. The van der Waals surface area contributed by atoms with E-state index in [1.807, 2.05) is 0 Å². The van der Waals surface area contributed by atoms with E-state index in [-0.39, 0.29) is 6.61 Å². The molecule has 7 heteroatoms. The van der Waals surface area contributed by atoms with E-state index in [0.29, 0.717) is 12.6 Å². The molecule has 1 saturated heterocycles. The van der Waals surface area contributed by atoms with E-state index in [1.165, 1.54) is 4.90 Å². The fourth-order valence-electron chi connectivity index (χ4n) is 1.10. The monoisotopic (exact) mass is 229 g/mol. The van der Waals surface area contributed by atoms with Gasteiger partial charge in [0.2, 0.25) is 0 Å². The summed E-state index contributed by atoms with van der Waals surface area (Å²) in [5, 5.41) is 8.24. The molecule has 0 aliphatic carbocycles. The smallest absolute Gasteiger partial charge is 0.410 e. The number of aliphatic carboxylic acids is 1. The number of nitrogens with zero attached hydrogens (tertiary/aromatic N) is 1. The van der Waals surface area contributed by atoms with Gasteiger partial charge in [-0.25, -0.2) is 14.4 Å². The Bertz CT molecular complexity index is 337. The number of ether oxygens (including phenoxy) is 2. The minimum Gasteiger partial charge on any atom is -0.478 e. The third kappa shape index (κ3) is 3.60. The third-order valence-corrected chi connectivity index (χ3v) is 1.83. The predicted molar refractivity (Wildman–Crippen MR) is 50.6 cm³/mol. The lowest BCUT2D eigenvalue weighted by Gasteiger charge is -2.07. The Balaban J connectivity index is 2.28. The van der Waals surface area contributed by atoms with Crippen molar-refractivity contribution in [2.24, 2.45) is 0 Å².